The zero-order valence-corrected chi connectivity index (χ0v) is 15.1. The van der Waals surface area contributed by atoms with E-state index >= 15 is 0 Å². The lowest BCUT2D eigenvalue weighted by atomic mass is 10.1. The fraction of sp³-hybridized carbons (Fsp3) is 0.625. The van der Waals surface area contributed by atoms with Crippen molar-refractivity contribution in [3.05, 3.63) is 28.2 Å². The minimum Gasteiger partial charge on any atom is -0.367 e. The van der Waals surface area contributed by atoms with Crippen LogP contribution < -0.4 is 10.2 Å². The first-order chi connectivity index (χ1) is 9.63. The predicted octanol–water partition coefficient (Wildman–Crippen LogP) is 4.28. The SMILES string of the molecule is CCCNCc1ccc(Br)cc1N1CCSC(C)C1C. The molecular formula is C16H25BrN2S. The molecule has 0 aromatic heterocycles. The fourth-order valence-corrected chi connectivity index (χ4v) is 4.08. The largest absolute Gasteiger partial charge is 0.367 e. The van der Waals surface area contributed by atoms with E-state index in [0.717, 1.165) is 19.6 Å². The highest BCUT2D eigenvalue weighted by atomic mass is 79.9. The Morgan fingerprint density at radius 1 is 1.40 bits per heavy atom. The summed E-state index contributed by atoms with van der Waals surface area (Å²) in [4.78, 5) is 2.58. The average molecular weight is 357 g/mol. The average Bonchev–Trinajstić information content (AvgIpc) is 2.44. The minimum absolute atomic E-state index is 0.591. The van der Waals surface area contributed by atoms with Crippen molar-refractivity contribution >= 4 is 33.4 Å². The topological polar surface area (TPSA) is 15.3 Å². The first-order valence-electron chi connectivity index (χ1n) is 7.51. The van der Waals surface area contributed by atoms with E-state index < -0.39 is 0 Å². The summed E-state index contributed by atoms with van der Waals surface area (Å²) in [6.45, 7) is 10.1. The number of rotatable bonds is 5. The van der Waals surface area contributed by atoms with E-state index in [1.165, 1.54) is 27.9 Å². The molecule has 0 radical (unpaired) electrons. The number of benzene rings is 1. The van der Waals surface area contributed by atoms with Crippen molar-refractivity contribution in [2.24, 2.45) is 0 Å². The predicted molar refractivity (Wildman–Crippen MR) is 94.9 cm³/mol. The molecule has 1 heterocycles. The molecule has 1 aliphatic heterocycles. The monoisotopic (exact) mass is 356 g/mol. The molecule has 2 nitrogen and oxygen atoms in total. The lowest BCUT2D eigenvalue weighted by molar-refractivity contribution is 0.618. The Kier molecular flexibility index (Phi) is 6.24. The van der Waals surface area contributed by atoms with Crippen molar-refractivity contribution in [2.75, 3.05) is 23.7 Å². The molecule has 0 amide bonds. The van der Waals surface area contributed by atoms with Crippen LogP contribution in [0.5, 0.6) is 0 Å². The van der Waals surface area contributed by atoms with E-state index in [1.807, 2.05) is 0 Å². The van der Waals surface area contributed by atoms with Gasteiger partial charge < -0.3 is 10.2 Å². The van der Waals surface area contributed by atoms with Crippen molar-refractivity contribution in [3.8, 4) is 0 Å². The van der Waals surface area contributed by atoms with Crippen molar-refractivity contribution in [1.29, 1.82) is 0 Å². The van der Waals surface area contributed by atoms with Gasteiger partial charge in [-0.2, -0.15) is 11.8 Å². The summed E-state index contributed by atoms with van der Waals surface area (Å²) in [6.07, 6.45) is 1.18. The zero-order valence-electron chi connectivity index (χ0n) is 12.7. The summed E-state index contributed by atoms with van der Waals surface area (Å²) in [6, 6.07) is 7.27. The maximum Gasteiger partial charge on any atom is 0.0426 e. The number of anilines is 1. The summed E-state index contributed by atoms with van der Waals surface area (Å²) >= 11 is 5.71. The van der Waals surface area contributed by atoms with Crippen LogP contribution in [0.2, 0.25) is 0 Å². The molecule has 1 N–H and O–H groups in total. The van der Waals surface area contributed by atoms with Crippen LogP contribution in [-0.2, 0) is 6.54 Å². The number of halogens is 1. The number of nitrogens with one attached hydrogen (secondary N) is 1. The summed E-state index contributed by atoms with van der Waals surface area (Å²) in [7, 11) is 0. The molecule has 1 fully saturated rings. The Hall–Kier alpha value is -0.190. The van der Waals surface area contributed by atoms with E-state index in [0.29, 0.717) is 11.3 Å². The van der Waals surface area contributed by atoms with Gasteiger partial charge in [0.2, 0.25) is 0 Å². The number of hydrogen-bond donors (Lipinski definition) is 1. The minimum atomic E-state index is 0.591. The van der Waals surface area contributed by atoms with Crippen LogP contribution in [-0.4, -0.2) is 30.1 Å². The molecule has 20 heavy (non-hydrogen) atoms. The van der Waals surface area contributed by atoms with Gasteiger partial charge in [-0.25, -0.2) is 0 Å². The van der Waals surface area contributed by atoms with Gasteiger partial charge in [0.05, 0.1) is 0 Å². The van der Waals surface area contributed by atoms with Crippen LogP contribution >= 0.6 is 27.7 Å². The van der Waals surface area contributed by atoms with Gasteiger partial charge in [0.1, 0.15) is 0 Å². The van der Waals surface area contributed by atoms with Gasteiger partial charge in [0, 0.05) is 40.3 Å². The quantitative estimate of drug-likeness (QED) is 0.792. The third kappa shape index (κ3) is 3.92. The van der Waals surface area contributed by atoms with Gasteiger partial charge >= 0.3 is 0 Å². The lowest BCUT2D eigenvalue weighted by Gasteiger charge is -2.40. The van der Waals surface area contributed by atoms with Gasteiger partial charge in [-0.05, 0) is 37.6 Å². The molecule has 2 unspecified atom stereocenters. The standard InChI is InChI=1S/C16H25BrN2S/c1-4-7-18-11-14-5-6-15(17)10-16(14)19-8-9-20-13(3)12(19)2/h5-6,10,12-13,18H,4,7-9,11H2,1-3H3. The molecule has 0 spiro atoms. The second-order valence-electron chi connectivity index (χ2n) is 5.46. The number of thioether (sulfide) groups is 1. The zero-order chi connectivity index (χ0) is 14.5. The Bertz CT molecular complexity index is 438. The highest BCUT2D eigenvalue weighted by Gasteiger charge is 2.26. The smallest absolute Gasteiger partial charge is 0.0426 e. The Morgan fingerprint density at radius 3 is 2.95 bits per heavy atom. The van der Waals surface area contributed by atoms with Gasteiger partial charge in [0.15, 0.2) is 0 Å². The maximum absolute atomic E-state index is 3.63. The van der Waals surface area contributed by atoms with Crippen LogP contribution in [0.1, 0.15) is 32.8 Å². The summed E-state index contributed by atoms with van der Waals surface area (Å²) in [5.74, 6) is 1.22. The molecule has 1 aromatic rings. The molecule has 0 saturated carbocycles. The van der Waals surface area contributed by atoms with Crippen LogP contribution in [0.3, 0.4) is 0 Å². The van der Waals surface area contributed by atoms with E-state index in [1.54, 1.807) is 0 Å². The Balaban J connectivity index is 2.21. The van der Waals surface area contributed by atoms with Gasteiger partial charge in [-0.15, -0.1) is 0 Å². The molecule has 112 valence electrons. The summed E-state index contributed by atoms with van der Waals surface area (Å²) < 4.78 is 1.17. The molecule has 4 heteroatoms. The second kappa shape index (κ2) is 7.71. The third-order valence-corrected chi connectivity index (χ3v) is 5.81. The number of hydrogen-bond acceptors (Lipinski definition) is 3. The molecule has 1 aliphatic rings. The molecular weight excluding hydrogens is 332 g/mol. The Morgan fingerprint density at radius 2 is 2.20 bits per heavy atom. The Labute approximate surface area is 135 Å². The van der Waals surface area contributed by atoms with Crippen LogP contribution in [0.15, 0.2) is 22.7 Å². The lowest BCUT2D eigenvalue weighted by Crippen LogP contribution is -2.45. The molecule has 2 atom stereocenters. The fourth-order valence-electron chi connectivity index (χ4n) is 2.63. The van der Waals surface area contributed by atoms with Gasteiger partial charge in [-0.3, -0.25) is 0 Å². The van der Waals surface area contributed by atoms with E-state index in [2.05, 4.69) is 76.9 Å². The highest BCUT2D eigenvalue weighted by molar-refractivity contribution is 9.10. The van der Waals surface area contributed by atoms with Crippen LogP contribution in [0.25, 0.3) is 0 Å². The summed E-state index contributed by atoms with van der Waals surface area (Å²) in [5, 5.41) is 4.22. The van der Waals surface area contributed by atoms with Crippen molar-refractivity contribution in [2.45, 2.75) is 45.0 Å². The summed E-state index contributed by atoms with van der Waals surface area (Å²) in [5.41, 5.74) is 2.80. The van der Waals surface area contributed by atoms with E-state index in [9.17, 15) is 0 Å². The van der Waals surface area contributed by atoms with Crippen LogP contribution in [0.4, 0.5) is 5.69 Å². The normalized spacial score (nSPS) is 23.1. The van der Waals surface area contributed by atoms with Crippen molar-refractivity contribution in [1.82, 2.24) is 5.32 Å². The third-order valence-electron chi connectivity index (χ3n) is 3.98. The molecule has 2 rings (SSSR count). The highest BCUT2D eigenvalue weighted by Crippen LogP contribution is 2.33. The maximum atomic E-state index is 3.63. The van der Waals surface area contributed by atoms with Gasteiger partial charge in [-0.1, -0.05) is 35.8 Å². The molecule has 0 bridgehead atoms. The number of nitrogens with zero attached hydrogens (tertiary/aromatic N) is 1. The van der Waals surface area contributed by atoms with Crippen molar-refractivity contribution in [3.63, 3.8) is 0 Å². The first kappa shape index (κ1) is 16.2. The van der Waals surface area contributed by atoms with Crippen molar-refractivity contribution < 1.29 is 0 Å². The molecule has 1 aromatic carbocycles. The van der Waals surface area contributed by atoms with Crippen LogP contribution in [0, 0.1) is 0 Å². The first-order valence-corrected chi connectivity index (χ1v) is 9.35. The molecule has 0 aliphatic carbocycles. The van der Waals surface area contributed by atoms with E-state index in [4.69, 9.17) is 0 Å². The van der Waals surface area contributed by atoms with E-state index in [-0.39, 0.29) is 0 Å². The second-order valence-corrected chi connectivity index (χ2v) is 7.86. The van der Waals surface area contributed by atoms with Gasteiger partial charge in [0.25, 0.3) is 0 Å². The molecule has 1 saturated heterocycles.